The summed E-state index contributed by atoms with van der Waals surface area (Å²) < 4.78 is 18.0. The van der Waals surface area contributed by atoms with E-state index in [1.165, 1.54) is 26.0 Å². The summed E-state index contributed by atoms with van der Waals surface area (Å²) in [5.74, 6) is -0.759. The van der Waals surface area contributed by atoms with Crippen molar-refractivity contribution in [1.29, 1.82) is 5.26 Å². The molecule has 2 rings (SSSR count). The summed E-state index contributed by atoms with van der Waals surface area (Å²) in [6.07, 6.45) is -1.05. The molecule has 2 aromatic rings. The van der Waals surface area contributed by atoms with Gasteiger partial charge in [0.05, 0.1) is 23.0 Å². The lowest BCUT2D eigenvalue weighted by atomic mass is 10.0. The Morgan fingerprint density at radius 3 is 2.85 bits per heavy atom. The van der Waals surface area contributed by atoms with Gasteiger partial charge in [0, 0.05) is 5.75 Å². The summed E-state index contributed by atoms with van der Waals surface area (Å²) in [6.45, 7) is 2.92. The first kappa shape index (κ1) is 19.8. The van der Waals surface area contributed by atoms with Gasteiger partial charge in [0.15, 0.2) is 16.6 Å². The van der Waals surface area contributed by atoms with E-state index in [2.05, 4.69) is 19.9 Å². The molecule has 0 bridgehead atoms. The van der Waals surface area contributed by atoms with Crippen LogP contribution in [0.15, 0.2) is 32.8 Å². The molecule has 0 saturated heterocycles. The molecule has 0 fully saturated rings. The molecule has 0 saturated carbocycles. The number of aliphatic hydroxyl groups is 2. The number of halogens is 1. The van der Waals surface area contributed by atoms with E-state index in [1.807, 2.05) is 5.48 Å². The minimum Gasteiger partial charge on any atom is -0.389 e. The van der Waals surface area contributed by atoms with Crippen LogP contribution >= 0.6 is 11.8 Å². The summed E-state index contributed by atoms with van der Waals surface area (Å²) in [6, 6.07) is 5.27. The first-order valence-electron chi connectivity index (χ1n) is 7.31. The zero-order valence-corrected chi connectivity index (χ0v) is 14.7. The first-order chi connectivity index (χ1) is 12.3. The highest BCUT2D eigenvalue weighted by atomic mass is 32.2. The summed E-state index contributed by atoms with van der Waals surface area (Å²) in [5, 5.41) is 45.3. The number of aromatic nitrogens is 2. The van der Waals surface area contributed by atoms with Crippen LogP contribution in [-0.2, 0) is 0 Å². The van der Waals surface area contributed by atoms with Crippen molar-refractivity contribution < 1.29 is 24.4 Å². The highest BCUT2D eigenvalue weighted by molar-refractivity contribution is 7.99. The van der Waals surface area contributed by atoms with Crippen LogP contribution in [0, 0.1) is 17.1 Å². The van der Waals surface area contributed by atoms with Crippen LogP contribution in [0.3, 0.4) is 0 Å². The van der Waals surface area contributed by atoms with Crippen LogP contribution in [0.5, 0.6) is 0 Å². The zero-order valence-electron chi connectivity index (χ0n) is 13.8. The van der Waals surface area contributed by atoms with E-state index < -0.39 is 17.5 Å². The maximum Gasteiger partial charge on any atom is 0.186 e. The first-order valence-corrected chi connectivity index (χ1v) is 8.29. The molecule has 11 heteroatoms. The van der Waals surface area contributed by atoms with Crippen LogP contribution < -0.4 is 5.48 Å². The van der Waals surface area contributed by atoms with E-state index in [0.29, 0.717) is 0 Å². The van der Waals surface area contributed by atoms with Gasteiger partial charge in [-0.15, -0.1) is 0 Å². The largest absolute Gasteiger partial charge is 0.389 e. The average molecular weight is 381 g/mol. The summed E-state index contributed by atoms with van der Waals surface area (Å²) in [4.78, 5) is 4.06. The molecule has 0 aliphatic rings. The third-order valence-electron chi connectivity index (χ3n) is 3.29. The molecule has 1 aromatic carbocycles. The van der Waals surface area contributed by atoms with E-state index in [-0.39, 0.29) is 33.6 Å². The van der Waals surface area contributed by atoms with E-state index in [9.17, 15) is 19.8 Å². The van der Waals surface area contributed by atoms with E-state index in [0.717, 1.165) is 17.8 Å². The number of hydrogen-bond acceptors (Lipinski definition) is 9. The second-order valence-corrected chi connectivity index (χ2v) is 6.76. The van der Waals surface area contributed by atoms with Gasteiger partial charge in [0.25, 0.3) is 0 Å². The molecule has 0 radical (unpaired) electrons. The molecule has 4 N–H and O–H groups in total. The Labute approximate surface area is 152 Å². The number of amidine groups is 1. The number of thioether (sulfide) groups is 1. The lowest BCUT2D eigenvalue weighted by molar-refractivity contribution is -0.0350. The fourth-order valence-electron chi connectivity index (χ4n) is 1.71. The molecule has 26 heavy (non-hydrogen) atoms. The fourth-order valence-corrected chi connectivity index (χ4v) is 2.79. The molecule has 0 spiro atoms. The van der Waals surface area contributed by atoms with Crippen molar-refractivity contribution in [2.24, 2.45) is 4.99 Å². The van der Waals surface area contributed by atoms with Crippen LogP contribution in [-0.4, -0.2) is 49.0 Å². The topological polar surface area (TPSA) is 148 Å². The Hall–Kier alpha value is -2.52. The second kappa shape index (κ2) is 8.24. The standard InChI is InChI=1S/C15H16FN5O4S/c1-15(2,23)11(22)7-26-14-12(20-25-21-14)13(19-24)18-9-3-4-10(16)8(5-9)6-17/h3-5,11,22-24H,7H2,1-2H3,(H,18,19)/t11-/m0/s1. The third-order valence-corrected chi connectivity index (χ3v) is 4.32. The molecule has 138 valence electrons. The van der Waals surface area contributed by atoms with Gasteiger partial charge >= 0.3 is 0 Å². The van der Waals surface area contributed by atoms with Gasteiger partial charge in [-0.05, 0) is 42.4 Å². The zero-order chi connectivity index (χ0) is 19.3. The number of nitrogens with one attached hydrogen (secondary N) is 1. The summed E-state index contributed by atoms with van der Waals surface area (Å²) in [7, 11) is 0. The molecule has 0 aliphatic heterocycles. The Kier molecular flexibility index (Phi) is 6.27. The fraction of sp³-hybridized carbons (Fsp3) is 0.333. The van der Waals surface area contributed by atoms with E-state index >= 15 is 0 Å². The number of aliphatic imine (C=N–C) groups is 1. The molecule has 0 amide bonds. The molecule has 1 atom stereocenters. The number of rotatable bonds is 6. The highest BCUT2D eigenvalue weighted by Gasteiger charge is 2.26. The lowest BCUT2D eigenvalue weighted by Gasteiger charge is -2.23. The normalized spacial score (nSPS) is 13.3. The van der Waals surface area contributed by atoms with Gasteiger partial charge < -0.3 is 10.2 Å². The molecule has 9 nitrogen and oxygen atoms in total. The van der Waals surface area contributed by atoms with Crippen molar-refractivity contribution in [2.75, 3.05) is 5.75 Å². The van der Waals surface area contributed by atoms with Crippen molar-refractivity contribution in [3.8, 4) is 6.07 Å². The predicted octanol–water partition coefficient (Wildman–Crippen LogP) is 1.36. The minimum absolute atomic E-state index is 0.0447. The van der Waals surface area contributed by atoms with E-state index in [1.54, 1.807) is 6.07 Å². The van der Waals surface area contributed by atoms with Crippen molar-refractivity contribution in [1.82, 2.24) is 15.8 Å². The van der Waals surface area contributed by atoms with E-state index in [4.69, 9.17) is 5.26 Å². The van der Waals surface area contributed by atoms with Crippen LogP contribution in [0.1, 0.15) is 25.1 Å². The number of hydroxylamine groups is 1. The summed E-state index contributed by atoms with van der Waals surface area (Å²) >= 11 is 1.03. The van der Waals surface area contributed by atoms with Crippen LogP contribution in [0.25, 0.3) is 0 Å². The van der Waals surface area contributed by atoms with Crippen molar-refractivity contribution in [3.05, 3.63) is 35.3 Å². The van der Waals surface area contributed by atoms with Crippen molar-refractivity contribution >= 4 is 23.3 Å². The number of aliphatic hydroxyl groups excluding tert-OH is 1. The Bertz CT molecular complexity index is 843. The molecule has 1 heterocycles. The Balaban J connectivity index is 2.26. The van der Waals surface area contributed by atoms with Gasteiger partial charge in [-0.3, -0.25) is 10.7 Å². The Morgan fingerprint density at radius 1 is 1.50 bits per heavy atom. The monoisotopic (exact) mass is 381 g/mol. The number of benzene rings is 1. The lowest BCUT2D eigenvalue weighted by Crippen LogP contribution is -2.37. The minimum atomic E-state index is -1.31. The third kappa shape index (κ3) is 4.77. The SMILES string of the molecule is CC(C)(O)[C@@H](O)CSc1nonc1C(=Nc1ccc(F)c(C#N)c1)NO. The predicted molar refractivity (Wildman–Crippen MR) is 89.6 cm³/mol. The molecule has 0 unspecified atom stereocenters. The molecule has 0 aliphatic carbocycles. The van der Waals surface area contributed by atoms with Crippen LogP contribution in [0.2, 0.25) is 0 Å². The molecular weight excluding hydrogens is 365 g/mol. The average Bonchev–Trinajstić information content (AvgIpc) is 3.06. The van der Waals surface area contributed by atoms with Gasteiger partial charge in [-0.1, -0.05) is 11.8 Å². The number of hydrogen-bond donors (Lipinski definition) is 4. The molecule has 1 aromatic heterocycles. The smallest absolute Gasteiger partial charge is 0.186 e. The molecular formula is C15H16FN5O4S. The maximum absolute atomic E-state index is 13.4. The Morgan fingerprint density at radius 2 is 2.23 bits per heavy atom. The van der Waals surface area contributed by atoms with Gasteiger partial charge in [-0.2, -0.15) is 5.26 Å². The van der Waals surface area contributed by atoms with Crippen molar-refractivity contribution in [3.63, 3.8) is 0 Å². The number of nitriles is 1. The van der Waals surface area contributed by atoms with Crippen LogP contribution in [0.4, 0.5) is 10.1 Å². The quantitative estimate of drug-likeness (QED) is 0.252. The summed E-state index contributed by atoms with van der Waals surface area (Å²) in [5.41, 5.74) is 0.572. The van der Waals surface area contributed by atoms with Crippen molar-refractivity contribution in [2.45, 2.75) is 30.6 Å². The number of nitrogens with zero attached hydrogens (tertiary/aromatic N) is 4. The maximum atomic E-state index is 13.4. The van der Waals surface area contributed by atoms with Gasteiger partial charge in [0.1, 0.15) is 11.9 Å². The van der Waals surface area contributed by atoms with Gasteiger partial charge in [0.2, 0.25) is 0 Å². The van der Waals surface area contributed by atoms with Gasteiger partial charge in [-0.25, -0.2) is 14.0 Å². The second-order valence-electron chi connectivity index (χ2n) is 5.75. The highest BCUT2D eigenvalue weighted by Crippen LogP contribution is 2.24.